The van der Waals surface area contributed by atoms with E-state index in [2.05, 4.69) is 33.2 Å². The average molecular weight is 572 g/mol. The molecule has 0 unspecified atom stereocenters. The van der Waals surface area contributed by atoms with Crippen LogP contribution in [-0.2, 0) is 4.74 Å². The first-order chi connectivity index (χ1) is 20.1. The molecule has 2 saturated carbocycles. The van der Waals surface area contributed by atoms with Crippen molar-refractivity contribution in [1.82, 2.24) is 29.3 Å². The van der Waals surface area contributed by atoms with Gasteiger partial charge in [0.2, 0.25) is 0 Å². The SMILES string of the molecule is C[C@H]1CC2(CC[C@H]1n1cc3cc(C(=O)Nc4cnn5cccnc45)c(OC4CC4)cc3n1)CN(C(=O)OC(C)(C)C)C2. The highest BCUT2D eigenvalue weighted by atomic mass is 16.6. The highest BCUT2D eigenvalue weighted by Gasteiger charge is 2.50. The zero-order chi connectivity index (χ0) is 29.2. The molecule has 4 heterocycles. The van der Waals surface area contributed by atoms with Crippen LogP contribution in [0.25, 0.3) is 16.6 Å². The van der Waals surface area contributed by atoms with E-state index in [1.807, 2.05) is 37.8 Å². The number of nitrogens with one attached hydrogen (secondary N) is 1. The summed E-state index contributed by atoms with van der Waals surface area (Å²) in [4.78, 5) is 32.2. The molecular formula is C31H37N7O4. The van der Waals surface area contributed by atoms with Crippen LogP contribution in [0.2, 0.25) is 0 Å². The van der Waals surface area contributed by atoms with Crippen molar-refractivity contribution in [3.05, 3.63) is 48.5 Å². The third kappa shape index (κ3) is 5.05. The third-order valence-electron chi connectivity index (χ3n) is 8.64. The van der Waals surface area contributed by atoms with Crippen molar-refractivity contribution in [2.24, 2.45) is 11.3 Å². The summed E-state index contributed by atoms with van der Waals surface area (Å²) in [7, 11) is 0. The molecule has 4 aromatic rings. The van der Waals surface area contributed by atoms with Crippen molar-refractivity contribution in [2.45, 2.75) is 77.5 Å². The molecule has 11 nitrogen and oxygen atoms in total. The molecular weight excluding hydrogens is 534 g/mol. The smallest absolute Gasteiger partial charge is 0.410 e. The van der Waals surface area contributed by atoms with Crippen molar-refractivity contribution in [2.75, 3.05) is 18.4 Å². The first-order valence-electron chi connectivity index (χ1n) is 14.8. The van der Waals surface area contributed by atoms with E-state index in [9.17, 15) is 9.59 Å². The number of likely N-dealkylation sites (tertiary alicyclic amines) is 1. The molecule has 1 saturated heterocycles. The van der Waals surface area contributed by atoms with Crippen LogP contribution in [0, 0.1) is 11.3 Å². The molecule has 11 heteroatoms. The van der Waals surface area contributed by atoms with Crippen LogP contribution in [0.4, 0.5) is 10.5 Å². The number of hydrogen-bond acceptors (Lipinski definition) is 7. The quantitative estimate of drug-likeness (QED) is 0.338. The van der Waals surface area contributed by atoms with Crippen LogP contribution < -0.4 is 10.1 Å². The molecule has 3 aliphatic rings. The number of rotatable bonds is 5. The molecule has 3 aromatic heterocycles. The molecule has 2 atom stereocenters. The number of nitrogens with zero attached hydrogens (tertiary/aromatic N) is 6. The number of ether oxygens (including phenoxy) is 2. The van der Waals surface area contributed by atoms with E-state index in [0.717, 1.165) is 56.1 Å². The Kier molecular flexibility index (Phi) is 6.18. The monoisotopic (exact) mass is 571 g/mol. The fraction of sp³-hybridized carbons (Fsp3) is 0.516. The molecule has 2 amide bonds. The maximum atomic E-state index is 13.5. The molecule has 0 radical (unpaired) electrons. The number of carbonyl (C=O) groups is 2. The highest BCUT2D eigenvalue weighted by molar-refractivity contribution is 6.09. The Bertz CT molecular complexity index is 1680. The van der Waals surface area contributed by atoms with Crippen molar-refractivity contribution in [1.29, 1.82) is 0 Å². The molecule has 3 fully saturated rings. The summed E-state index contributed by atoms with van der Waals surface area (Å²) in [5, 5.41) is 13.1. The molecule has 7 rings (SSSR count). The predicted molar refractivity (Wildman–Crippen MR) is 157 cm³/mol. The van der Waals surface area contributed by atoms with Gasteiger partial charge in [-0.15, -0.1) is 0 Å². The van der Waals surface area contributed by atoms with Gasteiger partial charge in [-0.2, -0.15) is 10.2 Å². The Morgan fingerprint density at radius 1 is 1.14 bits per heavy atom. The van der Waals surface area contributed by atoms with E-state index >= 15 is 0 Å². The molecule has 0 bridgehead atoms. The normalized spacial score (nSPS) is 21.9. The zero-order valence-corrected chi connectivity index (χ0v) is 24.5. The second-order valence-electron chi connectivity index (χ2n) is 13.4. The summed E-state index contributed by atoms with van der Waals surface area (Å²) in [5.74, 6) is 0.666. The number of amides is 2. The van der Waals surface area contributed by atoms with Crippen LogP contribution in [0.15, 0.2) is 43.0 Å². The predicted octanol–water partition coefficient (Wildman–Crippen LogP) is 5.47. The minimum absolute atomic E-state index is 0.131. The number of aromatic nitrogens is 5. The van der Waals surface area contributed by atoms with Crippen LogP contribution >= 0.6 is 0 Å². The first-order valence-corrected chi connectivity index (χ1v) is 14.8. The Hall–Kier alpha value is -4.15. The van der Waals surface area contributed by atoms with Gasteiger partial charge in [-0.25, -0.2) is 14.3 Å². The molecule has 42 heavy (non-hydrogen) atoms. The van der Waals surface area contributed by atoms with Crippen molar-refractivity contribution >= 4 is 34.2 Å². The topological polar surface area (TPSA) is 116 Å². The van der Waals surface area contributed by atoms with E-state index in [1.54, 1.807) is 29.2 Å². The number of fused-ring (bicyclic) bond motifs is 2. The van der Waals surface area contributed by atoms with Gasteiger partial charge in [0.1, 0.15) is 17.0 Å². The number of anilines is 1. The Morgan fingerprint density at radius 3 is 2.69 bits per heavy atom. The lowest BCUT2D eigenvalue weighted by atomic mass is 9.64. The average Bonchev–Trinajstić information content (AvgIpc) is 3.49. The van der Waals surface area contributed by atoms with Crippen molar-refractivity contribution < 1.29 is 19.1 Å². The standard InChI is InChI=1S/C31H37N7O4/c1-19-14-31(17-36(18-31)29(40)42-30(2,3)4)9-8-25(19)38-16-20-12-22(26(13-23(20)35-38)41-21-6-7-21)28(39)34-24-15-33-37-11-5-10-32-27(24)37/h5,10-13,15-16,19,21,25H,6-9,14,17-18H2,1-4H3,(H,34,39)/t19-,25+/m0/s1. The summed E-state index contributed by atoms with van der Waals surface area (Å²) in [6, 6.07) is 5.81. The van der Waals surface area contributed by atoms with E-state index in [1.165, 1.54) is 0 Å². The van der Waals surface area contributed by atoms with Gasteiger partial charge in [0.05, 0.1) is 29.4 Å². The number of hydrogen-bond donors (Lipinski definition) is 1. The summed E-state index contributed by atoms with van der Waals surface area (Å²) in [6.07, 6.45) is 12.0. The summed E-state index contributed by atoms with van der Waals surface area (Å²) < 4.78 is 15.5. The molecule has 1 spiro atoms. The molecule has 1 N–H and O–H groups in total. The molecule has 2 aliphatic carbocycles. The number of carbonyl (C=O) groups excluding carboxylic acids is 2. The van der Waals surface area contributed by atoms with Gasteiger partial charge in [-0.3, -0.25) is 9.48 Å². The second-order valence-corrected chi connectivity index (χ2v) is 13.4. The van der Waals surface area contributed by atoms with E-state index in [-0.39, 0.29) is 29.6 Å². The third-order valence-corrected chi connectivity index (χ3v) is 8.64. The fourth-order valence-electron chi connectivity index (χ4n) is 6.55. The Balaban J connectivity index is 1.09. The van der Waals surface area contributed by atoms with Gasteiger partial charge in [-0.05, 0) is 70.9 Å². The lowest BCUT2D eigenvalue weighted by Crippen LogP contribution is -2.61. The largest absolute Gasteiger partial charge is 0.490 e. The fourth-order valence-corrected chi connectivity index (χ4v) is 6.55. The van der Waals surface area contributed by atoms with Crippen LogP contribution in [0.5, 0.6) is 5.75 Å². The van der Waals surface area contributed by atoms with Crippen molar-refractivity contribution in [3.63, 3.8) is 0 Å². The van der Waals surface area contributed by atoms with Crippen LogP contribution in [-0.4, -0.2) is 66.1 Å². The lowest BCUT2D eigenvalue weighted by molar-refractivity contribution is -0.0648. The van der Waals surface area contributed by atoms with Gasteiger partial charge in [0.15, 0.2) is 5.65 Å². The van der Waals surface area contributed by atoms with Gasteiger partial charge >= 0.3 is 6.09 Å². The van der Waals surface area contributed by atoms with E-state index < -0.39 is 5.60 Å². The van der Waals surface area contributed by atoms with Crippen molar-refractivity contribution in [3.8, 4) is 5.75 Å². The lowest BCUT2D eigenvalue weighted by Gasteiger charge is -2.54. The Morgan fingerprint density at radius 2 is 1.95 bits per heavy atom. The van der Waals surface area contributed by atoms with E-state index in [4.69, 9.17) is 14.6 Å². The maximum Gasteiger partial charge on any atom is 0.410 e. The molecule has 1 aliphatic heterocycles. The van der Waals surface area contributed by atoms with Crippen LogP contribution in [0.1, 0.15) is 76.2 Å². The van der Waals surface area contributed by atoms with Gasteiger partial charge < -0.3 is 19.7 Å². The summed E-state index contributed by atoms with van der Waals surface area (Å²) in [6.45, 7) is 9.48. The Labute approximate surface area is 244 Å². The minimum atomic E-state index is -0.484. The van der Waals surface area contributed by atoms with Gasteiger partial charge in [-0.1, -0.05) is 6.92 Å². The van der Waals surface area contributed by atoms with Gasteiger partial charge in [0, 0.05) is 48.5 Å². The second kappa shape index (κ2) is 9.71. The van der Waals surface area contributed by atoms with Crippen LogP contribution in [0.3, 0.4) is 0 Å². The number of benzene rings is 1. The first kappa shape index (κ1) is 26.7. The highest BCUT2D eigenvalue weighted by Crippen LogP contribution is 2.50. The maximum absolute atomic E-state index is 13.5. The molecule has 1 aromatic carbocycles. The van der Waals surface area contributed by atoms with E-state index in [0.29, 0.717) is 28.6 Å². The summed E-state index contributed by atoms with van der Waals surface area (Å²) in [5.41, 5.74) is 2.07. The molecule has 220 valence electrons. The minimum Gasteiger partial charge on any atom is -0.490 e. The summed E-state index contributed by atoms with van der Waals surface area (Å²) >= 11 is 0. The zero-order valence-electron chi connectivity index (χ0n) is 24.5. The van der Waals surface area contributed by atoms with Gasteiger partial charge in [0.25, 0.3) is 5.91 Å².